The van der Waals surface area contributed by atoms with Crippen molar-refractivity contribution in [1.29, 1.82) is 0 Å². The first-order valence-corrected chi connectivity index (χ1v) is 13.8. The third kappa shape index (κ3) is 5.44. The number of halogens is 4. The fourth-order valence-electron chi connectivity index (χ4n) is 4.89. The summed E-state index contributed by atoms with van der Waals surface area (Å²) in [5.41, 5.74) is 6.08. The van der Waals surface area contributed by atoms with Crippen molar-refractivity contribution >= 4 is 45.9 Å². The highest BCUT2D eigenvalue weighted by Crippen LogP contribution is 2.46. The van der Waals surface area contributed by atoms with Gasteiger partial charge in [-0.15, -0.1) is 0 Å². The van der Waals surface area contributed by atoms with Gasteiger partial charge in [0, 0.05) is 46.3 Å². The van der Waals surface area contributed by atoms with Crippen molar-refractivity contribution in [3.63, 3.8) is 0 Å². The first-order valence-electron chi connectivity index (χ1n) is 13.0. The SMILES string of the molecule is COc1cc(C(=O)NCC(CO)c2cc3c(c(-c4cc(Cl)c(F)cc4F)n2)OC[C@]3(C)C(N)=O)cc2cc(Cl)c(C)nc12. The summed E-state index contributed by atoms with van der Waals surface area (Å²) in [4.78, 5) is 34.7. The molecule has 0 fully saturated rings. The third-order valence-corrected chi connectivity index (χ3v) is 8.22. The monoisotopic (exact) mass is 630 g/mol. The minimum atomic E-state index is -1.30. The molecule has 2 atom stereocenters. The van der Waals surface area contributed by atoms with E-state index in [4.69, 9.17) is 38.4 Å². The summed E-state index contributed by atoms with van der Waals surface area (Å²) in [5.74, 6) is -3.48. The normalized spacial score (nSPS) is 16.5. The number of rotatable bonds is 8. The Morgan fingerprint density at radius 2 is 1.88 bits per heavy atom. The second-order valence-corrected chi connectivity index (χ2v) is 11.2. The summed E-state index contributed by atoms with van der Waals surface area (Å²) in [6.07, 6.45) is 0. The summed E-state index contributed by atoms with van der Waals surface area (Å²) >= 11 is 12.2. The molecule has 4 N–H and O–H groups in total. The topological polar surface area (TPSA) is 137 Å². The fourth-order valence-corrected chi connectivity index (χ4v) is 5.21. The lowest BCUT2D eigenvalue weighted by Gasteiger charge is -2.21. The molecule has 2 amide bonds. The minimum absolute atomic E-state index is 0.0550. The van der Waals surface area contributed by atoms with Gasteiger partial charge in [-0.05, 0) is 44.2 Å². The number of carbonyl (C=O) groups excluding carboxylic acids is 2. The quantitative estimate of drug-likeness (QED) is 0.237. The number of ether oxygens (including phenoxy) is 2. The van der Waals surface area contributed by atoms with E-state index in [9.17, 15) is 23.5 Å². The van der Waals surface area contributed by atoms with Gasteiger partial charge in [-0.3, -0.25) is 9.59 Å². The van der Waals surface area contributed by atoms with Crippen LogP contribution in [0.4, 0.5) is 8.78 Å². The van der Waals surface area contributed by atoms with E-state index in [1.807, 2.05) is 0 Å². The molecule has 2 aromatic carbocycles. The van der Waals surface area contributed by atoms with Crippen molar-refractivity contribution in [2.75, 3.05) is 26.9 Å². The van der Waals surface area contributed by atoms with Crippen LogP contribution in [0, 0.1) is 18.6 Å². The molecule has 0 aliphatic carbocycles. The number of primary amides is 1. The lowest BCUT2D eigenvalue weighted by Crippen LogP contribution is -2.40. The zero-order valence-corrected chi connectivity index (χ0v) is 24.7. The van der Waals surface area contributed by atoms with Gasteiger partial charge >= 0.3 is 0 Å². The van der Waals surface area contributed by atoms with Crippen LogP contribution in [-0.2, 0) is 10.2 Å². The van der Waals surface area contributed by atoms with Crippen molar-refractivity contribution in [1.82, 2.24) is 15.3 Å². The molecule has 0 saturated heterocycles. The Morgan fingerprint density at radius 1 is 1.14 bits per heavy atom. The van der Waals surface area contributed by atoms with Crippen molar-refractivity contribution in [2.24, 2.45) is 5.73 Å². The predicted molar refractivity (Wildman–Crippen MR) is 157 cm³/mol. The highest BCUT2D eigenvalue weighted by atomic mass is 35.5. The highest BCUT2D eigenvalue weighted by Gasteiger charge is 2.44. The van der Waals surface area contributed by atoms with Crippen molar-refractivity contribution < 1.29 is 33.0 Å². The van der Waals surface area contributed by atoms with Gasteiger partial charge < -0.3 is 25.6 Å². The van der Waals surface area contributed by atoms with Crippen molar-refractivity contribution in [3.05, 3.63) is 80.6 Å². The Labute approximate surface area is 254 Å². The second kappa shape index (κ2) is 11.6. The number of pyridine rings is 2. The molecular formula is C30H26Cl2F2N4O5. The maximum Gasteiger partial charge on any atom is 0.251 e. The molecule has 1 aliphatic rings. The molecule has 224 valence electrons. The Balaban J connectivity index is 1.52. The average molecular weight is 631 g/mol. The number of aliphatic hydroxyl groups is 1. The molecule has 2 aromatic heterocycles. The second-order valence-electron chi connectivity index (χ2n) is 10.4. The van der Waals surface area contributed by atoms with Crippen molar-refractivity contribution in [3.8, 4) is 22.8 Å². The highest BCUT2D eigenvalue weighted by molar-refractivity contribution is 6.32. The molecule has 0 saturated carbocycles. The standard InChI is InChI=1S/C30H26Cl2F2N4O5/c1-13-19(31)5-14-4-15(6-24(42-3)25(14)37-13)28(40)36-10-16(11-39)23-8-18-27(43-12-30(18,2)29(35)41)26(38-23)17-7-20(32)22(34)9-21(17)33/h4-9,16,39H,10-12H2,1-3H3,(H2,35,41)(H,36,40)/t16?,30-/m0/s1. The number of carbonyl (C=O) groups is 2. The van der Waals surface area contributed by atoms with Gasteiger partial charge in [0.1, 0.15) is 46.4 Å². The molecule has 13 heteroatoms. The number of methoxy groups -OCH3 is 1. The maximum atomic E-state index is 15.0. The van der Waals surface area contributed by atoms with Crippen LogP contribution in [0.25, 0.3) is 22.2 Å². The number of amides is 2. The van der Waals surface area contributed by atoms with E-state index in [0.29, 0.717) is 39.0 Å². The summed E-state index contributed by atoms with van der Waals surface area (Å²) in [6.45, 7) is 2.59. The van der Waals surface area contributed by atoms with E-state index in [1.165, 1.54) is 19.2 Å². The van der Waals surface area contributed by atoms with E-state index in [2.05, 4.69) is 15.3 Å². The number of hydrogen-bond acceptors (Lipinski definition) is 7. The number of hydrogen-bond donors (Lipinski definition) is 3. The van der Waals surface area contributed by atoms with Crippen LogP contribution in [0.3, 0.4) is 0 Å². The summed E-state index contributed by atoms with van der Waals surface area (Å²) in [6, 6.07) is 8.04. The van der Waals surface area contributed by atoms with Gasteiger partial charge in [0.25, 0.3) is 5.91 Å². The lowest BCUT2D eigenvalue weighted by atomic mass is 9.82. The van der Waals surface area contributed by atoms with Gasteiger partial charge in [-0.2, -0.15) is 0 Å². The van der Waals surface area contributed by atoms with Crippen LogP contribution in [0.5, 0.6) is 11.5 Å². The molecule has 0 bridgehead atoms. The van der Waals surface area contributed by atoms with Crippen LogP contribution in [-0.4, -0.2) is 53.8 Å². The summed E-state index contributed by atoms with van der Waals surface area (Å²) in [5, 5.41) is 13.8. The number of aliphatic hydroxyl groups excluding tert-OH is 1. The Morgan fingerprint density at radius 3 is 2.56 bits per heavy atom. The molecule has 3 heterocycles. The predicted octanol–water partition coefficient (Wildman–Crippen LogP) is 4.84. The zero-order chi connectivity index (χ0) is 31.2. The largest absolute Gasteiger partial charge is 0.494 e. The van der Waals surface area contributed by atoms with Gasteiger partial charge in [0.05, 0.1) is 29.5 Å². The number of nitrogens with two attached hydrogens (primary N) is 1. The molecule has 43 heavy (non-hydrogen) atoms. The summed E-state index contributed by atoms with van der Waals surface area (Å²) in [7, 11) is 1.46. The minimum Gasteiger partial charge on any atom is -0.494 e. The third-order valence-electron chi connectivity index (χ3n) is 7.54. The fraction of sp³-hybridized carbons (Fsp3) is 0.267. The number of nitrogens with zero attached hydrogens (tertiary/aromatic N) is 2. The van der Waals surface area contributed by atoms with Crippen LogP contribution >= 0.6 is 23.2 Å². The van der Waals surface area contributed by atoms with E-state index in [-0.39, 0.29) is 46.4 Å². The van der Waals surface area contributed by atoms with Crippen LogP contribution in [0.15, 0.2) is 36.4 Å². The number of benzene rings is 2. The molecule has 5 rings (SSSR count). The molecular weight excluding hydrogens is 605 g/mol. The van der Waals surface area contributed by atoms with Gasteiger partial charge in [0.15, 0.2) is 0 Å². The Kier molecular flexibility index (Phi) is 8.17. The number of fused-ring (bicyclic) bond motifs is 2. The lowest BCUT2D eigenvalue weighted by molar-refractivity contribution is -0.123. The van der Waals surface area contributed by atoms with Gasteiger partial charge in [-0.25, -0.2) is 18.7 Å². The van der Waals surface area contributed by atoms with E-state index < -0.39 is 41.4 Å². The van der Waals surface area contributed by atoms with Crippen LogP contribution < -0.4 is 20.5 Å². The number of aromatic nitrogens is 2. The Bertz CT molecular complexity index is 1810. The zero-order valence-electron chi connectivity index (χ0n) is 23.2. The smallest absolute Gasteiger partial charge is 0.251 e. The first kappa shape index (κ1) is 30.4. The molecule has 4 aromatic rings. The van der Waals surface area contributed by atoms with Gasteiger partial charge in [0.2, 0.25) is 5.91 Å². The summed E-state index contributed by atoms with van der Waals surface area (Å²) < 4.78 is 40.1. The average Bonchev–Trinajstić information content (AvgIpc) is 3.32. The molecule has 1 aliphatic heterocycles. The van der Waals surface area contributed by atoms with Crippen LogP contribution in [0.2, 0.25) is 10.0 Å². The number of nitrogens with one attached hydrogen (secondary N) is 1. The first-order chi connectivity index (χ1) is 20.4. The van der Waals surface area contributed by atoms with Crippen LogP contribution in [0.1, 0.15) is 40.2 Å². The maximum absolute atomic E-state index is 15.0. The molecule has 0 radical (unpaired) electrons. The van der Waals surface area contributed by atoms with E-state index >= 15 is 0 Å². The van der Waals surface area contributed by atoms with E-state index in [0.717, 1.165) is 6.07 Å². The Hall–Kier alpha value is -4.06. The van der Waals surface area contributed by atoms with E-state index in [1.54, 1.807) is 26.0 Å². The number of aryl methyl sites for hydroxylation is 1. The molecule has 1 unspecified atom stereocenters. The van der Waals surface area contributed by atoms with Crippen molar-refractivity contribution in [2.45, 2.75) is 25.2 Å². The van der Waals surface area contributed by atoms with Gasteiger partial charge in [-0.1, -0.05) is 23.2 Å². The molecule has 9 nitrogen and oxygen atoms in total. The molecule has 0 spiro atoms.